The van der Waals surface area contributed by atoms with E-state index >= 15 is 0 Å². The van der Waals surface area contributed by atoms with Crippen LogP contribution >= 0.6 is 7.82 Å². The highest BCUT2D eigenvalue weighted by Crippen LogP contribution is 2.45. The molecule has 6 atom stereocenters. The van der Waals surface area contributed by atoms with Crippen molar-refractivity contribution in [2.75, 3.05) is 26.4 Å². The molecule has 0 bridgehead atoms. The van der Waals surface area contributed by atoms with Crippen molar-refractivity contribution in [3.63, 3.8) is 0 Å². The van der Waals surface area contributed by atoms with Gasteiger partial charge in [-0.1, -0.05) is 167 Å². The van der Waals surface area contributed by atoms with Gasteiger partial charge in [0, 0.05) is 12.8 Å². The Morgan fingerprint density at radius 3 is 1.37 bits per heavy atom. The maximum absolute atomic E-state index is 12.7. The summed E-state index contributed by atoms with van der Waals surface area (Å²) in [6.45, 7) is 1.36. The number of hydrogen-bond acceptors (Lipinski definition) is 12. The maximum atomic E-state index is 12.7. The number of rotatable bonds is 44. The second-order valence-corrected chi connectivity index (χ2v) is 17.6. The molecule has 14 heteroatoms. The van der Waals surface area contributed by atoms with Gasteiger partial charge in [-0.05, 0) is 38.5 Å². The van der Waals surface area contributed by atoms with E-state index in [1.165, 1.54) is 103 Å². The topological polar surface area (TPSA) is 210 Å². The molecule has 6 N–H and O–H groups in total. The molecule has 0 aromatic carbocycles. The summed E-state index contributed by atoms with van der Waals surface area (Å²) in [5, 5.41) is 48.3. The highest BCUT2D eigenvalue weighted by Gasteiger charge is 2.37. The Kier molecular flexibility index (Phi) is 39.7. The van der Waals surface area contributed by atoms with E-state index < -0.39 is 76.7 Å². The molecule has 0 radical (unpaired) electrons. The molecule has 1 unspecified atom stereocenters. The second-order valence-electron chi connectivity index (χ2n) is 16.2. The molecule has 59 heavy (non-hydrogen) atoms. The van der Waals surface area contributed by atoms with Crippen molar-refractivity contribution in [1.29, 1.82) is 0 Å². The third-order valence-corrected chi connectivity index (χ3v) is 11.6. The monoisotopic (exact) mass is 867 g/mol. The lowest BCUT2D eigenvalue weighted by Crippen LogP contribution is -2.47. The van der Waals surface area contributed by atoms with E-state index in [1.807, 2.05) is 0 Å². The third kappa shape index (κ3) is 35.8. The average Bonchev–Trinajstić information content (AvgIpc) is 3.22. The van der Waals surface area contributed by atoms with E-state index in [1.54, 1.807) is 0 Å². The first-order chi connectivity index (χ1) is 28.5. The quantitative estimate of drug-likeness (QED) is 0.0146. The van der Waals surface area contributed by atoms with Gasteiger partial charge in [0.05, 0.1) is 19.8 Å². The smallest absolute Gasteiger partial charge is 0.462 e. The Labute approximate surface area is 357 Å². The molecule has 0 spiro atoms. The Hall–Kier alpha value is -1.41. The fourth-order valence-corrected chi connectivity index (χ4v) is 7.69. The minimum atomic E-state index is -5.05. The SMILES string of the molecule is CCCCCCC/C=C\CCCCCCCCC(=O)O[C@H](COC(=O)CCCCCCCCCCCCCCCCC)COP(=O)(O)O[C@H](CO)[C@@H](O)[C@H](O)[C@H](O)CO. The van der Waals surface area contributed by atoms with Gasteiger partial charge in [-0.25, -0.2) is 4.57 Å². The predicted octanol–water partition coefficient (Wildman–Crippen LogP) is 9.31. The fraction of sp³-hybridized carbons (Fsp3) is 0.911. The summed E-state index contributed by atoms with van der Waals surface area (Å²) in [6, 6.07) is 0. The molecule has 0 fully saturated rings. The Morgan fingerprint density at radius 1 is 0.542 bits per heavy atom. The number of carbonyl (C=O) groups is 2. The molecule has 0 amide bonds. The molecule has 0 aliphatic heterocycles. The fourth-order valence-electron chi connectivity index (χ4n) is 6.74. The van der Waals surface area contributed by atoms with Crippen LogP contribution in [0.15, 0.2) is 12.2 Å². The number of esters is 2. The van der Waals surface area contributed by atoms with Crippen LogP contribution < -0.4 is 0 Å². The molecular weight excluding hydrogens is 779 g/mol. The molecule has 350 valence electrons. The van der Waals surface area contributed by atoms with E-state index in [4.69, 9.17) is 23.6 Å². The minimum Gasteiger partial charge on any atom is -0.462 e. The lowest BCUT2D eigenvalue weighted by Gasteiger charge is -2.28. The number of hydrogen-bond donors (Lipinski definition) is 6. The van der Waals surface area contributed by atoms with E-state index in [0.717, 1.165) is 64.2 Å². The summed E-state index contributed by atoms with van der Waals surface area (Å²) >= 11 is 0. The number of carbonyl (C=O) groups excluding carboxylic acids is 2. The first-order valence-corrected chi connectivity index (χ1v) is 24.9. The largest absolute Gasteiger partial charge is 0.472 e. The molecule has 0 aromatic heterocycles. The zero-order valence-electron chi connectivity index (χ0n) is 37.1. The first kappa shape index (κ1) is 57.6. The van der Waals surface area contributed by atoms with E-state index in [9.17, 15) is 39.5 Å². The van der Waals surface area contributed by atoms with Gasteiger partial charge < -0.3 is 39.9 Å². The van der Waals surface area contributed by atoms with E-state index in [2.05, 4.69) is 26.0 Å². The number of ether oxygens (including phenoxy) is 2. The van der Waals surface area contributed by atoms with Crippen LogP contribution in [0.2, 0.25) is 0 Å². The zero-order chi connectivity index (χ0) is 43.8. The number of phosphoric ester groups is 1. The van der Waals surface area contributed by atoms with Crippen molar-refractivity contribution in [2.45, 2.75) is 237 Å². The molecule has 0 rings (SSSR count). The van der Waals surface area contributed by atoms with Crippen molar-refractivity contribution in [3.8, 4) is 0 Å². The number of phosphoric acid groups is 1. The van der Waals surface area contributed by atoms with Gasteiger partial charge in [0.25, 0.3) is 0 Å². The summed E-state index contributed by atoms with van der Waals surface area (Å²) in [7, 11) is -5.05. The summed E-state index contributed by atoms with van der Waals surface area (Å²) in [5.74, 6) is -1.09. The van der Waals surface area contributed by atoms with Crippen molar-refractivity contribution < 1.29 is 63.1 Å². The number of unbranched alkanes of at least 4 members (excludes halogenated alkanes) is 25. The average molecular weight is 867 g/mol. The van der Waals surface area contributed by atoms with E-state index in [0.29, 0.717) is 12.8 Å². The van der Waals surface area contributed by atoms with Gasteiger partial charge in [0.1, 0.15) is 31.0 Å². The van der Waals surface area contributed by atoms with Crippen LogP contribution in [0.3, 0.4) is 0 Å². The second kappa shape index (κ2) is 40.6. The van der Waals surface area contributed by atoms with Crippen molar-refractivity contribution in [1.82, 2.24) is 0 Å². The Morgan fingerprint density at radius 2 is 0.949 bits per heavy atom. The van der Waals surface area contributed by atoms with Crippen LogP contribution in [0.5, 0.6) is 0 Å². The van der Waals surface area contributed by atoms with Gasteiger partial charge in [0.2, 0.25) is 0 Å². The molecule has 0 saturated carbocycles. The summed E-state index contributed by atoms with van der Waals surface area (Å²) < 4.78 is 33.4. The molecule has 0 aliphatic carbocycles. The number of aliphatic hydroxyl groups excluding tert-OH is 5. The maximum Gasteiger partial charge on any atom is 0.472 e. The Bertz CT molecular complexity index is 1050. The van der Waals surface area contributed by atoms with Crippen LogP contribution in [0.25, 0.3) is 0 Å². The van der Waals surface area contributed by atoms with Crippen molar-refractivity contribution in [3.05, 3.63) is 12.2 Å². The van der Waals surface area contributed by atoms with Gasteiger partial charge in [0.15, 0.2) is 6.10 Å². The van der Waals surface area contributed by atoms with Crippen LogP contribution in [0, 0.1) is 0 Å². The number of aliphatic hydroxyl groups is 5. The van der Waals surface area contributed by atoms with Crippen LogP contribution in [-0.2, 0) is 32.7 Å². The molecule has 0 heterocycles. The predicted molar refractivity (Wildman–Crippen MR) is 233 cm³/mol. The van der Waals surface area contributed by atoms with Crippen LogP contribution in [0.4, 0.5) is 0 Å². The normalized spacial score (nSPS) is 15.5. The lowest BCUT2D eigenvalue weighted by molar-refractivity contribution is -0.161. The molecule has 0 saturated heterocycles. The molecule has 13 nitrogen and oxygen atoms in total. The van der Waals surface area contributed by atoms with Crippen molar-refractivity contribution in [2.24, 2.45) is 0 Å². The lowest BCUT2D eigenvalue weighted by atomic mass is 10.0. The van der Waals surface area contributed by atoms with Crippen LogP contribution in [0.1, 0.15) is 206 Å². The molecule has 0 aromatic rings. The number of allylic oxidation sites excluding steroid dienone is 2. The highest BCUT2D eigenvalue weighted by atomic mass is 31.2. The van der Waals surface area contributed by atoms with E-state index in [-0.39, 0.29) is 12.8 Å². The van der Waals surface area contributed by atoms with Gasteiger partial charge in [-0.15, -0.1) is 0 Å². The van der Waals surface area contributed by atoms with Crippen LogP contribution in [-0.4, -0.2) is 99.3 Å². The first-order valence-electron chi connectivity index (χ1n) is 23.4. The van der Waals surface area contributed by atoms with Crippen molar-refractivity contribution >= 4 is 19.8 Å². The van der Waals surface area contributed by atoms with Gasteiger partial charge >= 0.3 is 19.8 Å². The zero-order valence-corrected chi connectivity index (χ0v) is 38.0. The molecular formula is C45H87O13P. The van der Waals surface area contributed by atoms with Gasteiger partial charge in [-0.2, -0.15) is 0 Å². The molecule has 0 aliphatic rings. The standard InChI is InChI=1S/C45H87O13P/c1-3-5-7-9-11-13-15-17-19-21-23-25-27-29-31-33-42(49)55-37-39(38-56-59(53,54)58-41(36-47)45(52)44(51)40(48)35-46)57-43(50)34-32-30-28-26-24-22-20-18-16-14-12-10-8-6-4-2/h16,18,39-41,44-48,51-52H,3-15,17,19-38H2,1-2H3,(H,53,54)/b18-16-/t39-,40-,41-,44-,45-/m1/s1. The Balaban J connectivity index is 4.69. The van der Waals surface area contributed by atoms with Gasteiger partial charge in [-0.3, -0.25) is 18.6 Å². The summed E-state index contributed by atoms with van der Waals surface area (Å²) in [5.41, 5.74) is 0. The minimum absolute atomic E-state index is 0.0989. The third-order valence-electron chi connectivity index (χ3n) is 10.5. The summed E-state index contributed by atoms with van der Waals surface area (Å²) in [4.78, 5) is 35.6. The summed E-state index contributed by atoms with van der Waals surface area (Å²) in [6.07, 6.45) is 28.3. The highest BCUT2D eigenvalue weighted by molar-refractivity contribution is 7.47.